The van der Waals surface area contributed by atoms with Gasteiger partial charge in [-0.3, -0.25) is 4.84 Å². The van der Waals surface area contributed by atoms with Gasteiger partial charge in [-0.2, -0.15) is 5.48 Å². The Balaban J connectivity index is 1.54. The van der Waals surface area contributed by atoms with E-state index in [1.54, 1.807) is 6.07 Å². The van der Waals surface area contributed by atoms with E-state index in [1.807, 2.05) is 30.3 Å². The second kappa shape index (κ2) is 10.1. The van der Waals surface area contributed by atoms with Crippen molar-refractivity contribution in [1.82, 2.24) is 10.8 Å². The molecule has 2 atom stereocenters. The van der Waals surface area contributed by atoms with E-state index in [-0.39, 0.29) is 12.6 Å². The average Bonchev–Trinajstić information content (AvgIpc) is 3.36. The van der Waals surface area contributed by atoms with Crippen LogP contribution in [0.2, 0.25) is 0 Å². The minimum Gasteiger partial charge on any atom is -0.469 e. The number of benzene rings is 1. The van der Waals surface area contributed by atoms with Gasteiger partial charge in [-0.1, -0.05) is 43.2 Å². The summed E-state index contributed by atoms with van der Waals surface area (Å²) in [6, 6.07) is 10.7. The molecule has 0 saturated heterocycles. The molecule has 7 heteroatoms. The Labute approximate surface area is 158 Å². The van der Waals surface area contributed by atoms with Gasteiger partial charge in [-0.25, -0.2) is 4.79 Å². The molecule has 1 aliphatic rings. The van der Waals surface area contributed by atoms with Crippen molar-refractivity contribution in [3.63, 3.8) is 0 Å². The molecule has 27 heavy (non-hydrogen) atoms. The maximum absolute atomic E-state index is 12.2. The van der Waals surface area contributed by atoms with Crippen LogP contribution < -0.4 is 15.5 Å². The molecule has 1 saturated carbocycles. The van der Waals surface area contributed by atoms with Crippen LogP contribution in [0, 0.1) is 0 Å². The van der Waals surface area contributed by atoms with Crippen LogP contribution in [0.15, 0.2) is 53.3 Å². The lowest BCUT2D eigenvalue weighted by Crippen LogP contribution is -2.49. The van der Waals surface area contributed by atoms with Crippen molar-refractivity contribution in [2.75, 3.05) is 6.54 Å². The fourth-order valence-electron chi connectivity index (χ4n) is 3.15. The van der Waals surface area contributed by atoms with Crippen molar-refractivity contribution in [3.05, 3.63) is 54.5 Å². The minimum atomic E-state index is -0.844. The molecule has 0 aliphatic heterocycles. The van der Waals surface area contributed by atoms with Gasteiger partial charge >= 0.3 is 6.09 Å². The van der Waals surface area contributed by atoms with Crippen molar-refractivity contribution in [2.45, 2.75) is 50.4 Å². The molecule has 0 radical (unpaired) electrons. The standard InChI is InChI=1S/C20H26N2O5/c23-19(13-21-27-16-8-4-5-9-16)18(12-15-6-2-1-3-7-15)22-20(24)26-17-10-11-25-14-17/h1-3,6-7,10-11,14,16,18-19,21,23H,4-5,8-9,12-13H2,(H,22,24)/t18-,19-/m0/s1. The SMILES string of the molecule is O=C(N[C@@H](Cc1ccccc1)[C@@H](O)CNOC1CCCC1)Oc1ccoc1. The van der Waals surface area contributed by atoms with Crippen LogP contribution in [0.1, 0.15) is 31.2 Å². The number of amides is 1. The summed E-state index contributed by atoms with van der Waals surface area (Å²) in [4.78, 5) is 17.8. The number of hydrogen-bond donors (Lipinski definition) is 3. The molecule has 1 aromatic heterocycles. The Morgan fingerprint density at radius 1 is 1.22 bits per heavy atom. The van der Waals surface area contributed by atoms with Gasteiger partial charge in [0.15, 0.2) is 5.75 Å². The molecule has 3 N–H and O–H groups in total. The van der Waals surface area contributed by atoms with Crippen molar-refractivity contribution >= 4 is 6.09 Å². The Morgan fingerprint density at radius 3 is 2.70 bits per heavy atom. The number of ether oxygens (including phenoxy) is 1. The predicted octanol–water partition coefficient (Wildman–Crippen LogP) is 2.80. The largest absolute Gasteiger partial charge is 0.469 e. The first-order valence-electron chi connectivity index (χ1n) is 9.32. The summed E-state index contributed by atoms with van der Waals surface area (Å²) in [5, 5.41) is 13.3. The number of rotatable bonds is 9. The van der Waals surface area contributed by atoms with Crippen LogP contribution in [0.5, 0.6) is 5.75 Å². The van der Waals surface area contributed by atoms with E-state index in [1.165, 1.54) is 25.4 Å². The average molecular weight is 374 g/mol. The Bertz CT molecular complexity index is 671. The van der Waals surface area contributed by atoms with E-state index in [4.69, 9.17) is 14.0 Å². The molecule has 0 spiro atoms. The van der Waals surface area contributed by atoms with Gasteiger partial charge < -0.3 is 19.6 Å². The zero-order valence-corrected chi connectivity index (χ0v) is 15.2. The lowest BCUT2D eigenvalue weighted by molar-refractivity contribution is -0.0409. The maximum Gasteiger partial charge on any atom is 0.413 e. The highest BCUT2D eigenvalue weighted by atomic mass is 16.7. The third-order valence-electron chi connectivity index (χ3n) is 4.62. The minimum absolute atomic E-state index is 0.198. The van der Waals surface area contributed by atoms with Crippen molar-refractivity contribution in [1.29, 1.82) is 0 Å². The predicted molar refractivity (Wildman–Crippen MR) is 99.2 cm³/mol. The highest BCUT2D eigenvalue weighted by molar-refractivity contribution is 5.70. The first kappa shape index (κ1) is 19.4. The van der Waals surface area contributed by atoms with Crippen LogP contribution in [-0.2, 0) is 11.3 Å². The van der Waals surface area contributed by atoms with Crippen molar-refractivity contribution in [3.8, 4) is 5.75 Å². The molecule has 3 rings (SSSR count). The molecule has 7 nitrogen and oxygen atoms in total. The molecular weight excluding hydrogens is 348 g/mol. The first-order chi connectivity index (χ1) is 13.2. The topological polar surface area (TPSA) is 93.0 Å². The second-order valence-corrected chi connectivity index (χ2v) is 6.73. The van der Waals surface area contributed by atoms with Crippen molar-refractivity contribution < 1.29 is 23.9 Å². The molecule has 146 valence electrons. The zero-order valence-electron chi connectivity index (χ0n) is 15.2. The molecule has 0 unspecified atom stereocenters. The third-order valence-corrected chi connectivity index (χ3v) is 4.62. The fourth-order valence-corrected chi connectivity index (χ4v) is 3.15. The number of carbonyl (C=O) groups is 1. The number of carbonyl (C=O) groups excluding carboxylic acids is 1. The Kier molecular flexibility index (Phi) is 7.27. The highest BCUT2D eigenvalue weighted by Crippen LogP contribution is 2.20. The second-order valence-electron chi connectivity index (χ2n) is 6.73. The number of aliphatic hydroxyl groups is 1. The Morgan fingerprint density at radius 2 is 2.00 bits per heavy atom. The van der Waals surface area contributed by atoms with Crippen LogP contribution in [-0.4, -0.2) is 36.0 Å². The first-order valence-corrected chi connectivity index (χ1v) is 9.32. The van der Waals surface area contributed by atoms with Gasteiger partial charge in [-0.05, 0) is 24.8 Å². The number of hydroxylamine groups is 1. The molecule has 1 heterocycles. The van der Waals surface area contributed by atoms with Gasteiger partial charge in [0.25, 0.3) is 0 Å². The zero-order chi connectivity index (χ0) is 18.9. The quantitative estimate of drug-likeness (QED) is 0.585. The molecule has 0 bridgehead atoms. The Hall–Kier alpha value is -2.35. The lowest BCUT2D eigenvalue weighted by Gasteiger charge is -2.24. The van der Waals surface area contributed by atoms with E-state index in [2.05, 4.69) is 10.8 Å². The molecule has 1 aliphatic carbocycles. The van der Waals surface area contributed by atoms with Crippen LogP contribution in [0.4, 0.5) is 4.79 Å². The highest BCUT2D eigenvalue weighted by Gasteiger charge is 2.24. The van der Waals surface area contributed by atoms with Crippen molar-refractivity contribution in [2.24, 2.45) is 0 Å². The van der Waals surface area contributed by atoms with E-state index in [0.717, 1.165) is 18.4 Å². The summed E-state index contributed by atoms with van der Waals surface area (Å²) < 4.78 is 10.0. The summed E-state index contributed by atoms with van der Waals surface area (Å²) in [6.07, 6.45) is 6.34. The molecule has 1 aromatic carbocycles. The lowest BCUT2D eigenvalue weighted by atomic mass is 10.0. The van der Waals surface area contributed by atoms with Crippen LogP contribution >= 0.6 is 0 Å². The van der Waals surface area contributed by atoms with E-state index < -0.39 is 18.2 Å². The molecule has 1 amide bonds. The molecule has 1 fully saturated rings. The smallest absolute Gasteiger partial charge is 0.413 e. The number of nitrogens with one attached hydrogen (secondary N) is 2. The monoisotopic (exact) mass is 374 g/mol. The van der Waals surface area contributed by atoms with E-state index in [9.17, 15) is 9.90 Å². The normalized spacial score (nSPS) is 16.8. The summed E-state index contributed by atoms with van der Waals surface area (Å²) in [7, 11) is 0. The number of aliphatic hydroxyl groups excluding tert-OH is 1. The van der Waals surface area contributed by atoms with Gasteiger partial charge in [0.05, 0.1) is 24.5 Å². The number of furan rings is 1. The van der Waals surface area contributed by atoms with E-state index >= 15 is 0 Å². The van der Waals surface area contributed by atoms with Crippen LogP contribution in [0.3, 0.4) is 0 Å². The van der Waals surface area contributed by atoms with E-state index in [0.29, 0.717) is 12.2 Å². The van der Waals surface area contributed by atoms with Gasteiger partial charge in [0.1, 0.15) is 6.26 Å². The molecule has 2 aromatic rings. The summed E-state index contributed by atoms with van der Waals surface area (Å²) in [5.41, 5.74) is 3.86. The number of hydrogen-bond acceptors (Lipinski definition) is 6. The summed E-state index contributed by atoms with van der Waals surface area (Å²) in [6.45, 7) is 0.208. The van der Waals surface area contributed by atoms with Crippen LogP contribution in [0.25, 0.3) is 0 Å². The molecular formula is C20H26N2O5. The summed E-state index contributed by atoms with van der Waals surface area (Å²) in [5.74, 6) is 0.308. The summed E-state index contributed by atoms with van der Waals surface area (Å²) >= 11 is 0. The van der Waals surface area contributed by atoms with Gasteiger partial charge in [0.2, 0.25) is 0 Å². The maximum atomic E-state index is 12.2. The van der Waals surface area contributed by atoms with Gasteiger partial charge in [0, 0.05) is 12.6 Å². The third kappa shape index (κ3) is 6.39. The van der Waals surface area contributed by atoms with Gasteiger partial charge in [-0.15, -0.1) is 0 Å². The fraction of sp³-hybridized carbons (Fsp3) is 0.450.